The number of hydrogen-bond donors (Lipinski definition) is 0. The fourth-order valence-corrected chi connectivity index (χ4v) is 4.70. The van der Waals surface area contributed by atoms with Crippen LogP contribution in [0.4, 0.5) is 4.79 Å². The summed E-state index contributed by atoms with van der Waals surface area (Å²) in [4.78, 5) is 14.3. The Labute approximate surface area is 130 Å². The van der Waals surface area contributed by atoms with Gasteiger partial charge in [-0.1, -0.05) is 18.2 Å². The molecule has 2 aliphatic rings. The third-order valence-corrected chi connectivity index (χ3v) is 5.74. The third kappa shape index (κ3) is 2.41. The van der Waals surface area contributed by atoms with Gasteiger partial charge in [0.1, 0.15) is 5.60 Å². The van der Waals surface area contributed by atoms with Crippen molar-refractivity contribution in [2.75, 3.05) is 13.1 Å². The molecule has 1 aromatic rings. The number of nitrogens with zero attached hydrogens (tertiary/aromatic N) is 1. The molecule has 0 aliphatic carbocycles. The Kier molecular flexibility index (Phi) is 3.32. The molecule has 2 heterocycles. The van der Waals surface area contributed by atoms with E-state index >= 15 is 0 Å². The van der Waals surface area contributed by atoms with E-state index in [0.717, 1.165) is 11.1 Å². The zero-order chi connectivity index (χ0) is 16.1. The van der Waals surface area contributed by atoms with E-state index in [1.807, 2.05) is 12.1 Å². The highest BCUT2D eigenvalue weighted by molar-refractivity contribution is 7.96. The summed E-state index contributed by atoms with van der Waals surface area (Å²) < 4.78 is 30.6. The number of fused-ring (bicyclic) bond motifs is 2. The SMILES string of the molecule is CC(C)(C)OC(=O)N1CCC2=C(C1)S(=O)(=O)c1ccccc12. The van der Waals surface area contributed by atoms with E-state index in [1.165, 1.54) is 4.90 Å². The minimum Gasteiger partial charge on any atom is -0.444 e. The van der Waals surface area contributed by atoms with Crippen LogP contribution in [0.15, 0.2) is 34.1 Å². The Morgan fingerprint density at radius 1 is 1.23 bits per heavy atom. The van der Waals surface area contributed by atoms with Crippen molar-refractivity contribution in [3.63, 3.8) is 0 Å². The molecule has 0 aromatic heterocycles. The zero-order valence-electron chi connectivity index (χ0n) is 12.9. The van der Waals surface area contributed by atoms with E-state index < -0.39 is 21.5 Å². The summed E-state index contributed by atoms with van der Waals surface area (Å²) in [6, 6.07) is 7.02. The summed E-state index contributed by atoms with van der Waals surface area (Å²) in [7, 11) is -3.49. The number of sulfone groups is 1. The van der Waals surface area contributed by atoms with Gasteiger partial charge in [-0.25, -0.2) is 13.2 Å². The van der Waals surface area contributed by atoms with Crippen LogP contribution in [0, 0.1) is 0 Å². The van der Waals surface area contributed by atoms with Gasteiger partial charge in [0.05, 0.1) is 16.3 Å². The van der Waals surface area contributed by atoms with Crippen LogP contribution in [0.1, 0.15) is 32.8 Å². The predicted octanol–water partition coefficient (Wildman–Crippen LogP) is 2.83. The molecular formula is C16H19NO4S. The maximum absolute atomic E-state index is 12.6. The van der Waals surface area contributed by atoms with E-state index in [2.05, 4.69) is 0 Å². The number of hydrogen-bond acceptors (Lipinski definition) is 4. The maximum Gasteiger partial charge on any atom is 0.410 e. The van der Waals surface area contributed by atoms with Gasteiger partial charge in [-0.3, -0.25) is 0 Å². The summed E-state index contributed by atoms with van der Waals surface area (Å²) in [6.45, 7) is 5.93. The van der Waals surface area contributed by atoms with Crippen molar-refractivity contribution in [1.29, 1.82) is 0 Å². The molecule has 1 aromatic carbocycles. The molecular weight excluding hydrogens is 302 g/mol. The number of benzene rings is 1. The largest absolute Gasteiger partial charge is 0.444 e. The van der Waals surface area contributed by atoms with Crippen molar-refractivity contribution in [1.82, 2.24) is 4.90 Å². The van der Waals surface area contributed by atoms with Gasteiger partial charge in [0.2, 0.25) is 9.84 Å². The molecule has 22 heavy (non-hydrogen) atoms. The van der Waals surface area contributed by atoms with Crippen LogP contribution < -0.4 is 0 Å². The highest BCUT2D eigenvalue weighted by atomic mass is 32.2. The normalized spacial score (nSPS) is 19.7. The van der Waals surface area contributed by atoms with E-state index in [0.29, 0.717) is 22.8 Å². The molecule has 1 amide bonds. The van der Waals surface area contributed by atoms with E-state index in [1.54, 1.807) is 32.9 Å². The lowest BCUT2D eigenvalue weighted by atomic mass is 10.00. The van der Waals surface area contributed by atoms with Crippen LogP contribution in [0.25, 0.3) is 5.57 Å². The first-order chi connectivity index (χ1) is 10.2. The second kappa shape index (κ2) is 4.84. The van der Waals surface area contributed by atoms with Crippen molar-refractivity contribution in [2.24, 2.45) is 0 Å². The summed E-state index contributed by atoms with van der Waals surface area (Å²) >= 11 is 0. The Morgan fingerprint density at radius 3 is 2.59 bits per heavy atom. The van der Waals surface area contributed by atoms with Crippen molar-refractivity contribution < 1.29 is 17.9 Å². The summed E-state index contributed by atoms with van der Waals surface area (Å²) in [6.07, 6.45) is 0.0652. The van der Waals surface area contributed by atoms with E-state index in [-0.39, 0.29) is 6.54 Å². The maximum atomic E-state index is 12.6. The van der Waals surface area contributed by atoms with Gasteiger partial charge in [-0.05, 0) is 44.4 Å². The van der Waals surface area contributed by atoms with Crippen molar-refractivity contribution >= 4 is 21.5 Å². The summed E-state index contributed by atoms with van der Waals surface area (Å²) in [5.74, 6) is 0. The van der Waals surface area contributed by atoms with Gasteiger partial charge in [0.15, 0.2) is 0 Å². The topological polar surface area (TPSA) is 63.7 Å². The first-order valence-corrected chi connectivity index (χ1v) is 8.73. The molecule has 0 saturated carbocycles. The third-order valence-electron chi connectivity index (χ3n) is 3.78. The number of amides is 1. The average molecular weight is 321 g/mol. The van der Waals surface area contributed by atoms with E-state index in [9.17, 15) is 13.2 Å². The fraction of sp³-hybridized carbons (Fsp3) is 0.438. The number of rotatable bonds is 0. The lowest BCUT2D eigenvalue weighted by Gasteiger charge is -2.30. The molecule has 0 atom stereocenters. The molecule has 3 rings (SSSR count). The molecule has 5 nitrogen and oxygen atoms in total. The standard InChI is InChI=1S/C16H19NO4S/c1-16(2,3)21-15(18)17-9-8-12-11-6-4-5-7-13(11)22(19,20)14(12)10-17/h4-7H,8-10H2,1-3H3. The Balaban J connectivity index is 1.91. The lowest BCUT2D eigenvalue weighted by molar-refractivity contribution is 0.0269. The van der Waals surface area contributed by atoms with Crippen molar-refractivity contribution in [3.05, 3.63) is 34.7 Å². The lowest BCUT2D eigenvalue weighted by Crippen LogP contribution is -2.40. The second-order valence-corrected chi connectivity index (χ2v) is 8.49. The summed E-state index contributed by atoms with van der Waals surface area (Å²) in [5, 5.41) is 0. The fourth-order valence-electron chi connectivity index (χ4n) is 2.83. The van der Waals surface area contributed by atoms with Crippen LogP contribution in [0.2, 0.25) is 0 Å². The smallest absolute Gasteiger partial charge is 0.410 e. The van der Waals surface area contributed by atoms with Crippen LogP contribution in [-0.4, -0.2) is 38.1 Å². The second-order valence-electron chi connectivity index (χ2n) is 6.55. The first-order valence-electron chi connectivity index (χ1n) is 7.24. The molecule has 0 spiro atoms. The molecule has 0 N–H and O–H groups in total. The van der Waals surface area contributed by atoms with Gasteiger partial charge < -0.3 is 9.64 Å². The van der Waals surface area contributed by atoms with Gasteiger partial charge in [-0.2, -0.15) is 0 Å². The molecule has 0 fully saturated rings. The van der Waals surface area contributed by atoms with Crippen LogP contribution >= 0.6 is 0 Å². The number of carbonyl (C=O) groups is 1. The van der Waals surface area contributed by atoms with Crippen LogP contribution in [0.3, 0.4) is 0 Å². The Hall–Kier alpha value is -1.82. The van der Waals surface area contributed by atoms with Crippen molar-refractivity contribution in [3.8, 4) is 0 Å². The Morgan fingerprint density at radius 2 is 1.91 bits per heavy atom. The molecule has 0 saturated heterocycles. The average Bonchev–Trinajstić information content (AvgIpc) is 2.66. The molecule has 0 unspecified atom stereocenters. The van der Waals surface area contributed by atoms with Gasteiger partial charge in [-0.15, -0.1) is 0 Å². The highest BCUT2D eigenvalue weighted by Gasteiger charge is 2.40. The summed E-state index contributed by atoms with van der Waals surface area (Å²) in [5.41, 5.74) is 1.03. The first kappa shape index (κ1) is 15.1. The minimum absolute atomic E-state index is 0.0846. The number of carbonyl (C=O) groups excluding carboxylic acids is 1. The molecule has 6 heteroatoms. The molecule has 118 valence electrons. The van der Waals surface area contributed by atoms with Gasteiger partial charge in [0.25, 0.3) is 0 Å². The van der Waals surface area contributed by atoms with Gasteiger partial charge >= 0.3 is 6.09 Å². The van der Waals surface area contributed by atoms with Crippen molar-refractivity contribution in [2.45, 2.75) is 37.7 Å². The quantitative estimate of drug-likeness (QED) is 0.737. The predicted molar refractivity (Wildman–Crippen MR) is 83.0 cm³/mol. The Bertz CT molecular complexity index is 772. The van der Waals surface area contributed by atoms with Crippen LogP contribution in [0.5, 0.6) is 0 Å². The number of ether oxygens (including phenoxy) is 1. The zero-order valence-corrected chi connectivity index (χ0v) is 13.7. The monoisotopic (exact) mass is 321 g/mol. The molecule has 2 aliphatic heterocycles. The molecule has 0 radical (unpaired) electrons. The van der Waals surface area contributed by atoms with E-state index in [4.69, 9.17) is 4.74 Å². The van der Waals surface area contributed by atoms with Crippen LogP contribution in [-0.2, 0) is 14.6 Å². The molecule has 0 bridgehead atoms. The minimum atomic E-state index is -3.49. The van der Waals surface area contributed by atoms with Gasteiger partial charge in [0, 0.05) is 6.54 Å². The highest BCUT2D eigenvalue weighted by Crippen LogP contribution is 2.43.